The number of halogens is 2. The number of nitrogens with zero attached hydrogens (tertiary/aromatic N) is 3. The third-order valence-corrected chi connectivity index (χ3v) is 5.32. The first-order valence-corrected chi connectivity index (χ1v) is 9.81. The maximum absolute atomic E-state index is 12.7. The van der Waals surface area contributed by atoms with E-state index in [0.29, 0.717) is 22.2 Å². The summed E-state index contributed by atoms with van der Waals surface area (Å²) in [5.41, 5.74) is 2.66. The van der Waals surface area contributed by atoms with Crippen molar-refractivity contribution in [3.8, 4) is 22.8 Å². The molecule has 1 aliphatic rings. The van der Waals surface area contributed by atoms with Crippen LogP contribution in [0.5, 0.6) is 11.5 Å². The van der Waals surface area contributed by atoms with Crippen LogP contribution in [-0.2, 0) is 19.5 Å². The van der Waals surface area contributed by atoms with Crippen LogP contribution < -0.4 is 19.1 Å². The van der Waals surface area contributed by atoms with Crippen LogP contribution in [0.2, 0.25) is 5.02 Å². The van der Waals surface area contributed by atoms with Crippen molar-refractivity contribution < 1.29 is 19.1 Å². The quantitative estimate of drug-likeness (QED) is 0.329. The first-order chi connectivity index (χ1) is 14.1. The van der Waals surface area contributed by atoms with Crippen molar-refractivity contribution >= 4 is 35.6 Å². The molecule has 0 spiro atoms. The van der Waals surface area contributed by atoms with Crippen LogP contribution in [0.25, 0.3) is 11.3 Å². The molecule has 1 aliphatic heterocycles. The Balaban J connectivity index is 0.00000256. The number of fused-ring (bicyclic) bond motifs is 1. The topological polar surface area (TPSA) is 62.7 Å². The smallest absolute Gasteiger partial charge is 0.257 e. The maximum Gasteiger partial charge on any atom is 0.257 e. The van der Waals surface area contributed by atoms with E-state index in [1.165, 1.54) is 0 Å². The second kappa shape index (κ2) is 9.41. The molecule has 0 radical (unpaired) electrons. The lowest BCUT2D eigenvalue weighted by Crippen LogP contribution is -2.43. The Kier molecular flexibility index (Phi) is 6.90. The van der Waals surface area contributed by atoms with Crippen LogP contribution in [-0.4, -0.2) is 24.7 Å². The molecular weight excluding hydrogens is 425 g/mol. The molecule has 0 saturated carbocycles. The number of imidazole rings is 1. The van der Waals surface area contributed by atoms with E-state index in [2.05, 4.69) is 9.56 Å². The van der Waals surface area contributed by atoms with E-state index in [1.54, 1.807) is 32.4 Å². The minimum atomic E-state index is -0.235. The minimum Gasteiger partial charge on any atom is -0.859 e. The molecule has 158 valence electrons. The number of aliphatic imine (C=N–C) groups is 1. The minimum absolute atomic E-state index is 0. The fourth-order valence-electron chi connectivity index (χ4n) is 3.69. The molecule has 0 bridgehead atoms. The molecule has 2 heterocycles. The van der Waals surface area contributed by atoms with Gasteiger partial charge in [-0.15, -0.1) is 12.4 Å². The predicted octanol–water partition coefficient (Wildman–Crippen LogP) is 3.57. The van der Waals surface area contributed by atoms with Gasteiger partial charge in [0.25, 0.3) is 5.82 Å². The van der Waals surface area contributed by atoms with Gasteiger partial charge in [-0.2, -0.15) is 0 Å². The zero-order valence-corrected chi connectivity index (χ0v) is 18.4. The first-order valence-electron chi connectivity index (χ1n) is 9.43. The van der Waals surface area contributed by atoms with Crippen LogP contribution >= 0.6 is 24.0 Å². The number of rotatable bonds is 6. The molecule has 0 fully saturated rings. The molecule has 0 saturated heterocycles. The Morgan fingerprint density at radius 1 is 1.17 bits per heavy atom. The summed E-state index contributed by atoms with van der Waals surface area (Å²) in [6.07, 6.45) is 4.03. The Morgan fingerprint density at radius 2 is 1.93 bits per heavy atom. The maximum atomic E-state index is 12.7. The molecule has 8 heteroatoms. The normalized spacial score (nSPS) is 13.0. The second-order valence-corrected chi connectivity index (χ2v) is 7.30. The molecule has 6 nitrogen and oxygen atoms in total. The molecule has 4 rings (SSSR count). The highest BCUT2D eigenvalue weighted by atomic mass is 35.5. The fourth-order valence-corrected chi connectivity index (χ4v) is 3.82. The molecular formula is C22H23Cl2N3O3. The van der Waals surface area contributed by atoms with Gasteiger partial charge in [-0.05, 0) is 42.8 Å². The van der Waals surface area contributed by atoms with Gasteiger partial charge in [0.2, 0.25) is 0 Å². The summed E-state index contributed by atoms with van der Waals surface area (Å²) in [6, 6.07) is 13.0. The summed E-state index contributed by atoms with van der Waals surface area (Å²) in [7, 11) is 3.13. The van der Waals surface area contributed by atoms with Gasteiger partial charge in [0, 0.05) is 22.6 Å². The Morgan fingerprint density at radius 3 is 2.63 bits per heavy atom. The van der Waals surface area contributed by atoms with Crippen molar-refractivity contribution in [1.82, 2.24) is 4.57 Å². The van der Waals surface area contributed by atoms with E-state index >= 15 is 0 Å². The van der Waals surface area contributed by atoms with Crippen LogP contribution in [0, 0.1) is 0 Å². The third kappa shape index (κ3) is 4.40. The van der Waals surface area contributed by atoms with Gasteiger partial charge in [-0.1, -0.05) is 11.6 Å². The molecule has 2 aromatic carbocycles. The number of hydrogen-bond acceptors (Lipinski definition) is 4. The number of aromatic nitrogens is 2. The van der Waals surface area contributed by atoms with E-state index in [9.17, 15) is 5.11 Å². The van der Waals surface area contributed by atoms with Crippen molar-refractivity contribution in [2.75, 3.05) is 14.2 Å². The second-order valence-electron chi connectivity index (χ2n) is 6.86. The summed E-state index contributed by atoms with van der Waals surface area (Å²) in [4.78, 5) is 4.25. The number of hydrogen-bond donors (Lipinski definition) is 0. The summed E-state index contributed by atoms with van der Waals surface area (Å²) < 4.78 is 14.8. The summed E-state index contributed by atoms with van der Waals surface area (Å²) in [5.74, 6) is 2.06. The zero-order valence-electron chi connectivity index (χ0n) is 16.8. The Hall–Kier alpha value is -2.70. The van der Waals surface area contributed by atoms with Gasteiger partial charge >= 0.3 is 0 Å². The summed E-state index contributed by atoms with van der Waals surface area (Å²) in [6.45, 7) is 1.12. The predicted molar refractivity (Wildman–Crippen MR) is 117 cm³/mol. The van der Waals surface area contributed by atoms with E-state index in [1.807, 2.05) is 35.0 Å². The van der Waals surface area contributed by atoms with Gasteiger partial charge in [-0.3, -0.25) is 4.99 Å². The Bertz CT molecular complexity index is 1060. The molecule has 0 unspecified atom stereocenters. The van der Waals surface area contributed by atoms with Gasteiger partial charge < -0.3 is 14.6 Å². The molecule has 3 aromatic rings. The monoisotopic (exact) mass is 447 g/mol. The summed E-state index contributed by atoms with van der Waals surface area (Å²) in [5, 5.41) is 13.4. The molecule has 0 N–H and O–H groups in total. The highest BCUT2D eigenvalue weighted by Gasteiger charge is 2.28. The first kappa shape index (κ1) is 22.0. The van der Waals surface area contributed by atoms with Crippen LogP contribution in [0.4, 0.5) is 5.69 Å². The average Bonchev–Trinajstić information content (AvgIpc) is 3.33. The zero-order chi connectivity index (χ0) is 20.4. The Labute approximate surface area is 186 Å². The van der Waals surface area contributed by atoms with Crippen molar-refractivity contribution in [2.24, 2.45) is 4.99 Å². The molecule has 30 heavy (non-hydrogen) atoms. The number of methoxy groups -OCH3 is 2. The van der Waals surface area contributed by atoms with Crippen LogP contribution in [0.15, 0.2) is 53.7 Å². The van der Waals surface area contributed by atoms with Gasteiger partial charge in [0.15, 0.2) is 5.69 Å². The molecule has 0 aliphatic carbocycles. The number of ether oxygens (including phenoxy) is 2. The lowest BCUT2D eigenvalue weighted by Gasteiger charge is -2.12. The standard InChI is InChI=1S/C22H22ClN3O3.ClH/c1-28-17-9-10-18(20(12-17)29-2)24-21(27)14-25-13-19(26-11-3-4-22(25)26)15-5-7-16(23)8-6-15;/h5-10,12-13H,3-4,11,14H2,1-2H3;1H. The van der Waals surface area contributed by atoms with Crippen molar-refractivity contribution in [2.45, 2.75) is 25.9 Å². The van der Waals surface area contributed by atoms with Gasteiger partial charge in [-0.25, -0.2) is 9.13 Å². The van der Waals surface area contributed by atoms with E-state index < -0.39 is 0 Å². The molecule has 0 amide bonds. The third-order valence-electron chi connectivity index (χ3n) is 5.07. The van der Waals surface area contributed by atoms with Crippen molar-refractivity contribution in [3.63, 3.8) is 0 Å². The molecule has 0 atom stereocenters. The van der Waals surface area contributed by atoms with Crippen molar-refractivity contribution in [3.05, 3.63) is 59.5 Å². The fraction of sp³-hybridized carbons (Fsp3) is 0.273. The summed E-state index contributed by atoms with van der Waals surface area (Å²) >= 11 is 6.02. The lowest BCUT2D eigenvalue weighted by atomic mass is 10.2. The largest absolute Gasteiger partial charge is 0.859 e. The highest BCUT2D eigenvalue weighted by Crippen LogP contribution is 2.31. The van der Waals surface area contributed by atoms with Crippen molar-refractivity contribution in [1.29, 1.82) is 0 Å². The molecule has 1 aromatic heterocycles. The van der Waals surface area contributed by atoms with E-state index in [4.69, 9.17) is 21.1 Å². The van der Waals surface area contributed by atoms with Crippen LogP contribution in [0.3, 0.4) is 0 Å². The van der Waals surface area contributed by atoms with Crippen LogP contribution in [0.1, 0.15) is 12.2 Å². The van der Waals surface area contributed by atoms with Gasteiger partial charge in [0.05, 0.1) is 27.2 Å². The number of benzene rings is 2. The average molecular weight is 448 g/mol. The SMILES string of the molecule is COc1ccc(N=C([O-])C[n+]2cc(-c3ccc(Cl)cc3)n3c2CCC3)c(OC)c1.Cl. The van der Waals surface area contributed by atoms with E-state index in [0.717, 1.165) is 36.5 Å². The highest BCUT2D eigenvalue weighted by molar-refractivity contribution is 6.30. The van der Waals surface area contributed by atoms with Gasteiger partial charge in [0.1, 0.15) is 29.9 Å². The lowest BCUT2D eigenvalue weighted by molar-refractivity contribution is -0.693. The van der Waals surface area contributed by atoms with E-state index in [-0.39, 0.29) is 24.8 Å².